The number of rotatable bonds is 3. The van der Waals surface area contributed by atoms with Crippen LogP contribution in [0.4, 0.5) is 0 Å². The molecular weight excluding hydrogens is 278 g/mol. The van der Waals surface area contributed by atoms with E-state index in [-0.39, 0.29) is 5.91 Å². The second kappa shape index (κ2) is 5.26. The number of hydrogen-bond acceptors (Lipinski definition) is 4. The fourth-order valence-electron chi connectivity index (χ4n) is 1.73. The van der Waals surface area contributed by atoms with E-state index in [0.717, 1.165) is 11.1 Å². The molecule has 1 N–H and O–H groups in total. The van der Waals surface area contributed by atoms with Crippen LogP contribution in [0.25, 0.3) is 5.52 Å². The number of carbonyl (C=O) groups is 1. The first-order valence-electron chi connectivity index (χ1n) is 5.92. The molecular formula is C13H10ClN5O. The summed E-state index contributed by atoms with van der Waals surface area (Å²) in [5.41, 5.74) is 1.96. The lowest BCUT2D eigenvalue weighted by molar-refractivity contribution is 0.0945. The second-order valence-corrected chi connectivity index (χ2v) is 4.53. The minimum atomic E-state index is -0.259. The van der Waals surface area contributed by atoms with Crippen molar-refractivity contribution in [1.82, 2.24) is 25.1 Å². The van der Waals surface area contributed by atoms with Crippen LogP contribution in [-0.4, -0.2) is 25.7 Å². The highest BCUT2D eigenvalue weighted by atomic mass is 35.5. The second-order valence-electron chi connectivity index (χ2n) is 4.14. The molecule has 0 fully saturated rings. The van der Waals surface area contributed by atoms with Crippen LogP contribution in [0.5, 0.6) is 0 Å². The molecule has 0 aliphatic carbocycles. The van der Waals surface area contributed by atoms with E-state index in [0.29, 0.717) is 17.4 Å². The van der Waals surface area contributed by atoms with Crippen molar-refractivity contribution in [3.63, 3.8) is 0 Å². The summed E-state index contributed by atoms with van der Waals surface area (Å²) in [7, 11) is 0. The van der Waals surface area contributed by atoms with Gasteiger partial charge in [0.05, 0.1) is 5.52 Å². The molecule has 0 aromatic carbocycles. The van der Waals surface area contributed by atoms with Gasteiger partial charge in [-0.05, 0) is 29.8 Å². The van der Waals surface area contributed by atoms with E-state index >= 15 is 0 Å². The zero-order chi connectivity index (χ0) is 13.9. The summed E-state index contributed by atoms with van der Waals surface area (Å²) in [4.78, 5) is 15.9. The number of nitrogens with one attached hydrogen (secondary N) is 1. The SMILES string of the molecule is O=C(NCc1ccc(Cl)nc1)c1cc2cccnn2n1. The first-order chi connectivity index (χ1) is 9.72. The summed E-state index contributed by atoms with van der Waals surface area (Å²) in [6.07, 6.45) is 3.23. The molecule has 0 radical (unpaired) electrons. The van der Waals surface area contributed by atoms with Crippen LogP contribution in [0.2, 0.25) is 5.15 Å². The van der Waals surface area contributed by atoms with Crippen molar-refractivity contribution in [3.05, 3.63) is 59.1 Å². The zero-order valence-electron chi connectivity index (χ0n) is 10.3. The highest BCUT2D eigenvalue weighted by Crippen LogP contribution is 2.06. The van der Waals surface area contributed by atoms with Crippen molar-refractivity contribution in [2.45, 2.75) is 6.54 Å². The number of pyridine rings is 1. The van der Waals surface area contributed by atoms with Crippen molar-refractivity contribution in [3.8, 4) is 0 Å². The monoisotopic (exact) mass is 287 g/mol. The van der Waals surface area contributed by atoms with Crippen LogP contribution in [0.15, 0.2) is 42.7 Å². The van der Waals surface area contributed by atoms with Crippen molar-refractivity contribution in [2.75, 3.05) is 0 Å². The van der Waals surface area contributed by atoms with Gasteiger partial charge in [0, 0.05) is 18.9 Å². The number of aromatic nitrogens is 4. The first-order valence-corrected chi connectivity index (χ1v) is 6.30. The maximum absolute atomic E-state index is 12.0. The van der Waals surface area contributed by atoms with E-state index in [4.69, 9.17) is 11.6 Å². The van der Waals surface area contributed by atoms with Gasteiger partial charge in [-0.15, -0.1) is 5.10 Å². The third-order valence-corrected chi connectivity index (χ3v) is 2.95. The first kappa shape index (κ1) is 12.6. The molecule has 0 saturated heterocycles. The molecule has 0 spiro atoms. The summed E-state index contributed by atoms with van der Waals surface area (Å²) in [5, 5.41) is 11.3. The van der Waals surface area contributed by atoms with Gasteiger partial charge in [-0.2, -0.15) is 9.73 Å². The molecule has 20 heavy (non-hydrogen) atoms. The number of nitrogens with zero attached hydrogens (tertiary/aromatic N) is 4. The molecule has 100 valence electrons. The summed E-state index contributed by atoms with van der Waals surface area (Å²) >= 11 is 5.70. The lowest BCUT2D eigenvalue weighted by Gasteiger charge is -2.02. The Morgan fingerprint density at radius 2 is 2.25 bits per heavy atom. The zero-order valence-corrected chi connectivity index (χ0v) is 11.1. The summed E-state index contributed by atoms with van der Waals surface area (Å²) in [6.45, 7) is 0.365. The standard InChI is InChI=1S/C13H10ClN5O/c14-12-4-3-9(7-15-12)8-16-13(20)11-6-10-2-1-5-17-19(10)18-11/h1-7H,8H2,(H,16,20). The molecule has 3 aromatic rings. The van der Waals surface area contributed by atoms with Crippen molar-refractivity contribution >= 4 is 23.0 Å². The largest absolute Gasteiger partial charge is 0.347 e. The summed E-state index contributed by atoms with van der Waals surface area (Å²) < 4.78 is 1.42. The normalized spacial score (nSPS) is 10.7. The summed E-state index contributed by atoms with van der Waals surface area (Å²) in [6, 6.07) is 8.79. The Balaban J connectivity index is 1.71. The number of halogens is 1. The van der Waals surface area contributed by atoms with Gasteiger partial charge in [0.1, 0.15) is 5.15 Å². The van der Waals surface area contributed by atoms with E-state index in [1.54, 1.807) is 36.7 Å². The predicted octanol–water partition coefficient (Wildman–Crippen LogP) is 1.71. The van der Waals surface area contributed by atoms with Gasteiger partial charge < -0.3 is 5.32 Å². The molecule has 0 aliphatic rings. The van der Waals surface area contributed by atoms with Gasteiger partial charge in [-0.25, -0.2) is 4.98 Å². The Bertz CT molecular complexity index is 720. The molecule has 6 nitrogen and oxygen atoms in total. The van der Waals surface area contributed by atoms with Crippen LogP contribution >= 0.6 is 11.6 Å². The lowest BCUT2D eigenvalue weighted by Crippen LogP contribution is -2.23. The summed E-state index contributed by atoms with van der Waals surface area (Å²) in [5.74, 6) is -0.259. The van der Waals surface area contributed by atoms with E-state index in [1.807, 2.05) is 6.07 Å². The third kappa shape index (κ3) is 2.60. The number of carbonyl (C=O) groups excluding carboxylic acids is 1. The quantitative estimate of drug-likeness (QED) is 0.744. The third-order valence-electron chi connectivity index (χ3n) is 2.72. The highest BCUT2D eigenvalue weighted by molar-refractivity contribution is 6.29. The minimum absolute atomic E-state index is 0.259. The smallest absolute Gasteiger partial charge is 0.272 e. The van der Waals surface area contributed by atoms with Gasteiger partial charge in [-0.3, -0.25) is 4.79 Å². The number of fused-ring (bicyclic) bond motifs is 1. The lowest BCUT2D eigenvalue weighted by atomic mass is 10.3. The average Bonchev–Trinajstić information content (AvgIpc) is 2.90. The molecule has 7 heteroatoms. The van der Waals surface area contributed by atoms with Crippen molar-refractivity contribution < 1.29 is 4.79 Å². The topological polar surface area (TPSA) is 72.2 Å². The van der Waals surface area contributed by atoms with Gasteiger partial charge in [0.25, 0.3) is 5.91 Å². The Morgan fingerprint density at radius 1 is 1.35 bits per heavy atom. The van der Waals surface area contributed by atoms with E-state index in [1.165, 1.54) is 4.63 Å². The number of hydrogen-bond donors (Lipinski definition) is 1. The van der Waals surface area contributed by atoms with Crippen LogP contribution in [0.1, 0.15) is 16.1 Å². The minimum Gasteiger partial charge on any atom is -0.347 e. The number of amides is 1. The molecule has 1 amide bonds. The Morgan fingerprint density at radius 3 is 3.00 bits per heavy atom. The van der Waals surface area contributed by atoms with Gasteiger partial charge in [-0.1, -0.05) is 17.7 Å². The van der Waals surface area contributed by atoms with Crippen LogP contribution in [-0.2, 0) is 6.54 Å². The molecule has 0 aliphatic heterocycles. The fourth-order valence-corrected chi connectivity index (χ4v) is 1.84. The van der Waals surface area contributed by atoms with E-state index in [2.05, 4.69) is 20.5 Å². The maximum atomic E-state index is 12.0. The molecule has 3 heterocycles. The highest BCUT2D eigenvalue weighted by Gasteiger charge is 2.10. The Hall–Kier alpha value is -2.47. The molecule has 3 aromatic heterocycles. The van der Waals surface area contributed by atoms with Crippen molar-refractivity contribution in [1.29, 1.82) is 0 Å². The van der Waals surface area contributed by atoms with E-state index in [9.17, 15) is 4.79 Å². The van der Waals surface area contributed by atoms with Crippen molar-refractivity contribution in [2.24, 2.45) is 0 Å². The maximum Gasteiger partial charge on any atom is 0.272 e. The van der Waals surface area contributed by atoms with Gasteiger partial charge in [0.15, 0.2) is 5.69 Å². The molecule has 0 unspecified atom stereocenters. The molecule has 0 bridgehead atoms. The predicted molar refractivity (Wildman–Crippen MR) is 73.4 cm³/mol. The van der Waals surface area contributed by atoms with Crippen LogP contribution in [0.3, 0.4) is 0 Å². The molecule has 0 atom stereocenters. The fraction of sp³-hybridized carbons (Fsp3) is 0.0769. The Labute approximate surface area is 119 Å². The average molecular weight is 288 g/mol. The van der Waals surface area contributed by atoms with E-state index < -0.39 is 0 Å². The van der Waals surface area contributed by atoms with Crippen LogP contribution in [0, 0.1) is 0 Å². The van der Waals surface area contributed by atoms with Crippen LogP contribution < -0.4 is 5.32 Å². The Kier molecular flexibility index (Phi) is 3.30. The molecule has 0 saturated carbocycles. The van der Waals surface area contributed by atoms with Gasteiger partial charge >= 0.3 is 0 Å². The van der Waals surface area contributed by atoms with Gasteiger partial charge in [0.2, 0.25) is 0 Å². The molecule has 3 rings (SSSR count).